The smallest absolute Gasteiger partial charge is 0.309 e. The van der Waals surface area contributed by atoms with Gasteiger partial charge in [-0.1, -0.05) is 12.1 Å². The van der Waals surface area contributed by atoms with Crippen LogP contribution < -0.4 is 20.1 Å². The number of piperazine rings is 1. The molecular weight excluding hydrogens is 440 g/mol. The van der Waals surface area contributed by atoms with E-state index < -0.39 is 11.8 Å². The molecule has 0 unspecified atom stereocenters. The molecule has 1 aromatic carbocycles. The van der Waals surface area contributed by atoms with Crippen LogP contribution in [0.2, 0.25) is 0 Å². The summed E-state index contributed by atoms with van der Waals surface area (Å²) in [5.74, 6) is 0.0619. The van der Waals surface area contributed by atoms with Crippen LogP contribution in [0.1, 0.15) is 23.4 Å². The minimum absolute atomic E-state index is 0.0437. The van der Waals surface area contributed by atoms with Crippen molar-refractivity contribution in [2.75, 3.05) is 54.0 Å². The van der Waals surface area contributed by atoms with Crippen LogP contribution >= 0.6 is 11.3 Å². The van der Waals surface area contributed by atoms with Crippen LogP contribution in [0.4, 0.5) is 0 Å². The van der Waals surface area contributed by atoms with Gasteiger partial charge in [0, 0.05) is 43.6 Å². The van der Waals surface area contributed by atoms with Gasteiger partial charge in [-0.05, 0) is 49.5 Å². The molecule has 33 heavy (non-hydrogen) atoms. The van der Waals surface area contributed by atoms with Crippen LogP contribution in [0.15, 0.2) is 35.7 Å². The summed E-state index contributed by atoms with van der Waals surface area (Å²) in [7, 11) is 5.29. The standard InChI is InChI=1S/C24H34N4O4S/c1-17(22(21-6-5-15-33-21)28-13-11-27(2)12-14-28)26-24(30)23(29)25-10-9-18-7-8-19(31-3)20(16-18)32-4/h5-8,15-17,22H,9-14H2,1-4H3,(H,25,29)(H,26,30)/t17-,22+/m1/s1. The van der Waals surface area contributed by atoms with Crippen molar-refractivity contribution in [3.8, 4) is 11.5 Å². The van der Waals surface area contributed by atoms with Crippen molar-refractivity contribution in [1.82, 2.24) is 20.4 Å². The second-order valence-electron chi connectivity index (χ2n) is 8.26. The van der Waals surface area contributed by atoms with Gasteiger partial charge in [0.1, 0.15) is 0 Å². The summed E-state index contributed by atoms with van der Waals surface area (Å²) in [6.07, 6.45) is 0.577. The number of nitrogens with zero attached hydrogens (tertiary/aromatic N) is 2. The molecule has 2 aromatic rings. The highest BCUT2D eigenvalue weighted by Gasteiger charge is 2.31. The van der Waals surface area contributed by atoms with Gasteiger partial charge in [0.05, 0.1) is 20.3 Å². The van der Waals surface area contributed by atoms with Crippen molar-refractivity contribution in [3.05, 3.63) is 46.2 Å². The predicted octanol–water partition coefficient (Wildman–Crippen LogP) is 1.92. The Morgan fingerprint density at radius 2 is 1.79 bits per heavy atom. The van der Waals surface area contributed by atoms with E-state index in [4.69, 9.17) is 9.47 Å². The van der Waals surface area contributed by atoms with Crippen LogP contribution in [-0.4, -0.2) is 81.6 Å². The molecule has 0 saturated carbocycles. The van der Waals surface area contributed by atoms with Gasteiger partial charge >= 0.3 is 11.8 Å². The van der Waals surface area contributed by atoms with Gasteiger partial charge in [-0.15, -0.1) is 11.3 Å². The second-order valence-corrected chi connectivity index (χ2v) is 9.24. The molecule has 1 aromatic heterocycles. The zero-order valence-electron chi connectivity index (χ0n) is 19.8. The molecule has 1 fully saturated rings. The molecule has 2 atom stereocenters. The molecule has 0 aliphatic carbocycles. The van der Waals surface area contributed by atoms with Crippen LogP contribution in [0.5, 0.6) is 11.5 Å². The lowest BCUT2D eigenvalue weighted by Gasteiger charge is -2.40. The van der Waals surface area contributed by atoms with Crippen LogP contribution in [0, 0.1) is 0 Å². The largest absolute Gasteiger partial charge is 0.493 e. The normalized spacial score (nSPS) is 16.6. The highest BCUT2D eigenvalue weighted by atomic mass is 32.1. The third kappa shape index (κ3) is 6.69. The second kappa shape index (κ2) is 12.0. The fourth-order valence-corrected chi connectivity index (χ4v) is 5.05. The fraction of sp³-hybridized carbons (Fsp3) is 0.500. The summed E-state index contributed by atoms with van der Waals surface area (Å²) in [4.78, 5) is 30.9. The lowest BCUT2D eigenvalue weighted by molar-refractivity contribution is -0.139. The Bertz CT molecular complexity index is 913. The van der Waals surface area contributed by atoms with Crippen molar-refractivity contribution in [2.45, 2.75) is 25.4 Å². The van der Waals surface area contributed by atoms with Crippen molar-refractivity contribution >= 4 is 23.2 Å². The molecule has 2 heterocycles. The fourth-order valence-electron chi connectivity index (χ4n) is 4.09. The van der Waals surface area contributed by atoms with Crippen LogP contribution in [0.25, 0.3) is 0 Å². The summed E-state index contributed by atoms with van der Waals surface area (Å²) in [6.45, 7) is 6.15. The van der Waals surface area contributed by atoms with Crippen molar-refractivity contribution in [2.24, 2.45) is 0 Å². The van der Waals surface area contributed by atoms with Gasteiger partial charge in [0.2, 0.25) is 0 Å². The molecule has 180 valence electrons. The van der Waals surface area contributed by atoms with E-state index in [0.29, 0.717) is 24.5 Å². The number of nitrogens with one attached hydrogen (secondary N) is 2. The summed E-state index contributed by atoms with van der Waals surface area (Å²) < 4.78 is 10.6. The van der Waals surface area contributed by atoms with E-state index in [0.717, 1.165) is 31.7 Å². The molecular formula is C24H34N4O4S. The Hall–Kier alpha value is -2.62. The number of amides is 2. The Kier molecular flexibility index (Phi) is 9.11. The molecule has 0 radical (unpaired) electrons. The Morgan fingerprint density at radius 1 is 1.06 bits per heavy atom. The van der Waals surface area contributed by atoms with Gasteiger partial charge in [-0.3, -0.25) is 14.5 Å². The molecule has 9 heteroatoms. The topological polar surface area (TPSA) is 83.1 Å². The van der Waals surface area contributed by atoms with E-state index in [1.165, 1.54) is 4.88 Å². The third-order valence-electron chi connectivity index (χ3n) is 5.95. The van der Waals surface area contributed by atoms with Crippen LogP contribution in [-0.2, 0) is 16.0 Å². The van der Waals surface area contributed by atoms with Crippen molar-refractivity contribution in [1.29, 1.82) is 0 Å². The number of benzene rings is 1. The molecule has 1 aliphatic heterocycles. The average molecular weight is 475 g/mol. The number of rotatable bonds is 9. The lowest BCUT2D eigenvalue weighted by Crippen LogP contribution is -2.53. The van der Waals surface area contributed by atoms with Gasteiger partial charge in [0.15, 0.2) is 11.5 Å². The number of thiophene rings is 1. The lowest BCUT2D eigenvalue weighted by atomic mass is 10.0. The summed E-state index contributed by atoms with van der Waals surface area (Å²) in [5, 5.41) is 7.69. The zero-order valence-corrected chi connectivity index (χ0v) is 20.6. The highest BCUT2D eigenvalue weighted by Crippen LogP contribution is 2.29. The van der Waals surface area contributed by atoms with E-state index in [-0.39, 0.29) is 12.1 Å². The summed E-state index contributed by atoms with van der Waals surface area (Å²) in [5.41, 5.74) is 0.981. The molecule has 1 saturated heterocycles. The number of methoxy groups -OCH3 is 2. The Morgan fingerprint density at radius 3 is 2.42 bits per heavy atom. The van der Waals surface area contributed by atoms with Crippen molar-refractivity contribution in [3.63, 3.8) is 0 Å². The first kappa shape index (κ1) is 25.0. The van der Waals surface area contributed by atoms with Gasteiger partial charge in [-0.25, -0.2) is 0 Å². The van der Waals surface area contributed by atoms with E-state index >= 15 is 0 Å². The van der Waals surface area contributed by atoms with E-state index in [2.05, 4.69) is 33.5 Å². The number of ether oxygens (including phenoxy) is 2. The minimum atomic E-state index is -0.620. The Labute approximate surface area is 199 Å². The zero-order chi connectivity index (χ0) is 23.8. The number of carbonyl (C=O) groups is 2. The summed E-state index contributed by atoms with van der Waals surface area (Å²) in [6, 6.07) is 9.58. The SMILES string of the molecule is COc1ccc(CCNC(=O)C(=O)N[C@H](C)[C@@H](c2cccs2)N2CCN(C)CC2)cc1OC. The maximum absolute atomic E-state index is 12.6. The highest BCUT2D eigenvalue weighted by molar-refractivity contribution is 7.10. The van der Waals surface area contributed by atoms with Crippen LogP contribution in [0.3, 0.4) is 0 Å². The van der Waals surface area contributed by atoms with Gasteiger partial charge in [0.25, 0.3) is 0 Å². The quantitative estimate of drug-likeness (QED) is 0.541. The number of hydrogen-bond donors (Lipinski definition) is 2. The van der Waals surface area contributed by atoms with Gasteiger partial charge < -0.3 is 25.0 Å². The molecule has 3 rings (SSSR count). The van der Waals surface area contributed by atoms with E-state index in [1.807, 2.05) is 36.6 Å². The maximum Gasteiger partial charge on any atom is 0.309 e. The average Bonchev–Trinajstić information content (AvgIpc) is 3.34. The Balaban J connectivity index is 1.54. The van der Waals surface area contributed by atoms with E-state index in [9.17, 15) is 9.59 Å². The monoisotopic (exact) mass is 474 g/mol. The van der Waals surface area contributed by atoms with Gasteiger partial charge in [-0.2, -0.15) is 0 Å². The summed E-state index contributed by atoms with van der Waals surface area (Å²) >= 11 is 1.68. The number of likely N-dealkylation sites (N-methyl/N-ethyl adjacent to an activating group) is 1. The maximum atomic E-state index is 12.6. The first-order chi connectivity index (χ1) is 15.9. The van der Waals surface area contributed by atoms with Crippen molar-refractivity contribution < 1.29 is 19.1 Å². The molecule has 2 N–H and O–H groups in total. The molecule has 0 bridgehead atoms. The number of carbonyl (C=O) groups excluding carboxylic acids is 2. The number of hydrogen-bond acceptors (Lipinski definition) is 7. The first-order valence-corrected chi connectivity index (χ1v) is 12.1. The first-order valence-electron chi connectivity index (χ1n) is 11.2. The predicted molar refractivity (Wildman–Crippen MR) is 130 cm³/mol. The van der Waals surface area contributed by atoms with E-state index in [1.54, 1.807) is 25.6 Å². The third-order valence-corrected chi connectivity index (χ3v) is 6.89. The molecule has 0 spiro atoms. The minimum Gasteiger partial charge on any atom is -0.493 e. The molecule has 2 amide bonds. The molecule has 8 nitrogen and oxygen atoms in total. The molecule has 1 aliphatic rings.